The molecular weight excluding hydrogens is 324 g/mol. The third kappa shape index (κ3) is 5.92. The van der Waals surface area contributed by atoms with E-state index in [4.69, 9.17) is 4.99 Å². The average Bonchev–Trinajstić information content (AvgIpc) is 3.08. The molecule has 0 bridgehead atoms. The molecule has 2 rings (SSSR count). The summed E-state index contributed by atoms with van der Waals surface area (Å²) in [7, 11) is 0. The van der Waals surface area contributed by atoms with Crippen LogP contribution in [-0.4, -0.2) is 49.2 Å². The topological polar surface area (TPSA) is 39.7 Å². The van der Waals surface area contributed by atoms with Gasteiger partial charge < -0.3 is 15.5 Å². The fraction of sp³-hybridized carbons (Fsp3) is 0.706. The second-order valence-electron chi connectivity index (χ2n) is 6.52. The third-order valence-electron chi connectivity index (χ3n) is 4.17. The van der Waals surface area contributed by atoms with E-state index in [1.807, 2.05) is 23.1 Å². The van der Waals surface area contributed by atoms with Crippen molar-refractivity contribution in [3.8, 4) is 0 Å². The molecule has 1 aliphatic heterocycles. The summed E-state index contributed by atoms with van der Waals surface area (Å²) in [4.78, 5) is 7.27. The van der Waals surface area contributed by atoms with Crippen LogP contribution in [0.2, 0.25) is 0 Å². The first-order valence-corrected chi connectivity index (χ1v) is 10.5. The fourth-order valence-electron chi connectivity index (χ4n) is 2.54. The van der Waals surface area contributed by atoms with Gasteiger partial charge in [0.15, 0.2) is 5.96 Å². The Labute approximate surface area is 149 Å². The average molecular weight is 355 g/mol. The summed E-state index contributed by atoms with van der Waals surface area (Å²) < 4.78 is 0.185. The van der Waals surface area contributed by atoms with Crippen molar-refractivity contribution in [1.29, 1.82) is 0 Å². The van der Waals surface area contributed by atoms with Gasteiger partial charge in [0.05, 0.1) is 11.5 Å². The lowest BCUT2D eigenvalue weighted by Crippen LogP contribution is -2.49. The van der Waals surface area contributed by atoms with Crippen LogP contribution in [0.5, 0.6) is 0 Å². The van der Waals surface area contributed by atoms with Gasteiger partial charge in [-0.05, 0) is 57.4 Å². The molecule has 4 nitrogen and oxygen atoms in total. The highest BCUT2D eigenvalue weighted by atomic mass is 32.2. The first kappa shape index (κ1) is 18.5. The number of nitrogens with zero attached hydrogens (tertiary/aromatic N) is 2. The van der Waals surface area contributed by atoms with Crippen molar-refractivity contribution in [2.24, 2.45) is 4.99 Å². The first-order chi connectivity index (χ1) is 11.0. The molecule has 23 heavy (non-hydrogen) atoms. The Kier molecular flexibility index (Phi) is 7.09. The molecule has 1 aromatic rings. The zero-order chi connectivity index (χ0) is 16.7. The second-order valence-corrected chi connectivity index (χ2v) is 8.96. The van der Waals surface area contributed by atoms with Crippen molar-refractivity contribution in [1.82, 2.24) is 10.6 Å². The Hall–Kier alpha value is -0.880. The SMILES string of the molecule is CCNC(=NCC(C)(C)SC)NC1CCN(c2cccs2)CC1. The maximum absolute atomic E-state index is 4.78. The Bertz CT molecular complexity index is 477. The van der Waals surface area contributed by atoms with Crippen molar-refractivity contribution in [2.75, 3.05) is 37.3 Å². The first-order valence-electron chi connectivity index (χ1n) is 8.42. The van der Waals surface area contributed by atoms with Gasteiger partial charge in [0.1, 0.15) is 0 Å². The summed E-state index contributed by atoms with van der Waals surface area (Å²) in [6.07, 6.45) is 4.47. The molecule has 0 atom stereocenters. The maximum atomic E-state index is 4.78. The molecule has 0 aromatic carbocycles. The normalized spacial score (nSPS) is 17.4. The quantitative estimate of drug-likeness (QED) is 0.607. The van der Waals surface area contributed by atoms with Gasteiger partial charge >= 0.3 is 0 Å². The number of thiophene rings is 1. The standard InChI is InChI=1S/C17H30N4S2/c1-5-18-16(19-13-17(2,3)22-4)20-14-8-10-21(11-9-14)15-7-6-12-23-15/h6-7,12,14H,5,8-11,13H2,1-4H3,(H2,18,19,20). The van der Waals surface area contributed by atoms with E-state index in [0.29, 0.717) is 6.04 Å². The summed E-state index contributed by atoms with van der Waals surface area (Å²) in [6.45, 7) is 10.6. The van der Waals surface area contributed by atoms with E-state index >= 15 is 0 Å². The molecule has 0 aliphatic carbocycles. The summed E-state index contributed by atoms with van der Waals surface area (Å²) in [5.74, 6) is 0.962. The summed E-state index contributed by atoms with van der Waals surface area (Å²) in [5, 5.41) is 10.6. The van der Waals surface area contributed by atoms with E-state index in [2.05, 4.69) is 60.1 Å². The van der Waals surface area contributed by atoms with E-state index in [1.54, 1.807) is 0 Å². The van der Waals surface area contributed by atoms with Crippen LogP contribution in [0.4, 0.5) is 5.00 Å². The second kappa shape index (κ2) is 8.83. The predicted molar refractivity (Wildman–Crippen MR) is 106 cm³/mol. The van der Waals surface area contributed by atoms with Crippen molar-refractivity contribution in [2.45, 2.75) is 44.4 Å². The van der Waals surface area contributed by atoms with Gasteiger partial charge in [0, 0.05) is 30.4 Å². The lowest BCUT2D eigenvalue weighted by molar-refractivity contribution is 0.462. The van der Waals surface area contributed by atoms with Gasteiger partial charge in [0.2, 0.25) is 0 Å². The number of guanidine groups is 1. The van der Waals surface area contributed by atoms with Crippen molar-refractivity contribution in [3.63, 3.8) is 0 Å². The van der Waals surface area contributed by atoms with Gasteiger partial charge in [-0.15, -0.1) is 11.3 Å². The molecule has 2 heterocycles. The van der Waals surface area contributed by atoms with Crippen LogP contribution in [0.3, 0.4) is 0 Å². The van der Waals surface area contributed by atoms with Gasteiger partial charge in [0.25, 0.3) is 0 Å². The zero-order valence-electron chi connectivity index (χ0n) is 14.8. The highest BCUT2D eigenvalue weighted by Crippen LogP contribution is 2.25. The van der Waals surface area contributed by atoms with E-state index < -0.39 is 0 Å². The summed E-state index contributed by atoms with van der Waals surface area (Å²) in [6, 6.07) is 4.86. The summed E-state index contributed by atoms with van der Waals surface area (Å²) in [5.41, 5.74) is 0. The van der Waals surface area contributed by atoms with Crippen LogP contribution >= 0.6 is 23.1 Å². The molecule has 0 saturated carbocycles. The molecular formula is C17H30N4S2. The highest BCUT2D eigenvalue weighted by molar-refractivity contribution is 7.99. The van der Waals surface area contributed by atoms with E-state index in [-0.39, 0.29) is 4.75 Å². The van der Waals surface area contributed by atoms with E-state index in [1.165, 1.54) is 5.00 Å². The smallest absolute Gasteiger partial charge is 0.191 e. The Balaban J connectivity index is 1.85. The van der Waals surface area contributed by atoms with Crippen LogP contribution in [-0.2, 0) is 0 Å². The fourth-order valence-corrected chi connectivity index (χ4v) is 3.52. The number of rotatable bonds is 6. The van der Waals surface area contributed by atoms with Crippen LogP contribution in [0, 0.1) is 0 Å². The summed E-state index contributed by atoms with van der Waals surface area (Å²) >= 11 is 3.70. The number of aliphatic imine (C=N–C) groups is 1. The lowest BCUT2D eigenvalue weighted by Gasteiger charge is -2.33. The minimum absolute atomic E-state index is 0.185. The minimum atomic E-state index is 0.185. The minimum Gasteiger partial charge on any atom is -0.363 e. The highest BCUT2D eigenvalue weighted by Gasteiger charge is 2.21. The van der Waals surface area contributed by atoms with Crippen LogP contribution in [0.15, 0.2) is 22.5 Å². The van der Waals surface area contributed by atoms with Crippen LogP contribution in [0.1, 0.15) is 33.6 Å². The Morgan fingerprint density at radius 1 is 1.43 bits per heavy atom. The Morgan fingerprint density at radius 3 is 2.74 bits per heavy atom. The molecule has 6 heteroatoms. The molecule has 130 valence electrons. The van der Waals surface area contributed by atoms with Crippen LogP contribution < -0.4 is 15.5 Å². The number of thioether (sulfide) groups is 1. The molecule has 0 amide bonds. The van der Waals surface area contributed by atoms with Gasteiger partial charge in [-0.2, -0.15) is 11.8 Å². The number of anilines is 1. The maximum Gasteiger partial charge on any atom is 0.191 e. The largest absolute Gasteiger partial charge is 0.363 e. The van der Waals surface area contributed by atoms with Gasteiger partial charge in [-0.25, -0.2) is 0 Å². The molecule has 2 N–H and O–H groups in total. The Morgan fingerprint density at radius 2 is 2.17 bits per heavy atom. The van der Waals surface area contributed by atoms with Gasteiger partial charge in [-0.1, -0.05) is 0 Å². The number of hydrogen-bond donors (Lipinski definition) is 2. The third-order valence-corrected chi connectivity index (χ3v) is 6.33. The van der Waals surface area contributed by atoms with Crippen LogP contribution in [0.25, 0.3) is 0 Å². The molecule has 0 radical (unpaired) electrons. The van der Waals surface area contributed by atoms with Crippen molar-refractivity contribution >= 4 is 34.1 Å². The molecule has 1 saturated heterocycles. The monoisotopic (exact) mass is 354 g/mol. The number of nitrogens with one attached hydrogen (secondary N) is 2. The molecule has 1 aliphatic rings. The predicted octanol–water partition coefficient (Wildman–Crippen LogP) is 3.41. The number of hydrogen-bond acceptors (Lipinski definition) is 4. The molecule has 1 aromatic heterocycles. The van der Waals surface area contributed by atoms with Crippen molar-refractivity contribution < 1.29 is 0 Å². The van der Waals surface area contributed by atoms with Gasteiger partial charge in [-0.3, -0.25) is 4.99 Å². The molecule has 0 spiro atoms. The van der Waals surface area contributed by atoms with E-state index in [0.717, 1.165) is 45.0 Å². The zero-order valence-corrected chi connectivity index (χ0v) is 16.4. The van der Waals surface area contributed by atoms with Crippen molar-refractivity contribution in [3.05, 3.63) is 17.5 Å². The van der Waals surface area contributed by atoms with E-state index in [9.17, 15) is 0 Å². The molecule has 1 fully saturated rings. The number of piperidine rings is 1. The lowest BCUT2D eigenvalue weighted by atomic mass is 10.1. The molecule has 0 unspecified atom stereocenters.